The van der Waals surface area contributed by atoms with Gasteiger partial charge in [-0.2, -0.15) is 0 Å². The second-order valence-corrected chi connectivity index (χ2v) is 8.47. The second-order valence-electron chi connectivity index (χ2n) is 8.47. The summed E-state index contributed by atoms with van der Waals surface area (Å²) in [6, 6.07) is 3.60. The number of carbonyl (C=O) groups is 1. The number of aryl methyl sites for hydroxylation is 1. The summed E-state index contributed by atoms with van der Waals surface area (Å²) >= 11 is 0. The first-order valence-electron chi connectivity index (χ1n) is 10.2. The first-order valence-corrected chi connectivity index (χ1v) is 10.2. The molecule has 0 spiro atoms. The molecule has 1 amide bonds. The number of ether oxygens (including phenoxy) is 1. The maximum absolute atomic E-state index is 13.9. The van der Waals surface area contributed by atoms with Crippen molar-refractivity contribution in [1.82, 2.24) is 15.2 Å². The van der Waals surface area contributed by atoms with E-state index < -0.39 is 11.6 Å². The highest BCUT2D eigenvalue weighted by Gasteiger charge is 2.33. The summed E-state index contributed by atoms with van der Waals surface area (Å²) in [5, 5.41) is 2.97. The molecular formula is C22H29F2N3O3. The van der Waals surface area contributed by atoms with Gasteiger partial charge < -0.3 is 14.5 Å². The van der Waals surface area contributed by atoms with Crippen molar-refractivity contribution < 1.29 is 22.7 Å². The van der Waals surface area contributed by atoms with Crippen LogP contribution in [0.4, 0.5) is 8.78 Å². The van der Waals surface area contributed by atoms with E-state index in [0.717, 1.165) is 25.2 Å². The lowest BCUT2D eigenvalue weighted by Crippen LogP contribution is -2.58. The number of nitrogens with one attached hydrogen (secondary N) is 1. The van der Waals surface area contributed by atoms with Crippen LogP contribution in [0.2, 0.25) is 0 Å². The van der Waals surface area contributed by atoms with Crippen LogP contribution in [0, 0.1) is 11.6 Å². The highest BCUT2D eigenvalue weighted by Crippen LogP contribution is 2.27. The summed E-state index contributed by atoms with van der Waals surface area (Å²) in [7, 11) is 0. The smallest absolute Gasteiger partial charge is 0.220 e. The van der Waals surface area contributed by atoms with Crippen molar-refractivity contribution in [2.75, 3.05) is 19.6 Å². The van der Waals surface area contributed by atoms with Gasteiger partial charge >= 0.3 is 0 Å². The fourth-order valence-corrected chi connectivity index (χ4v) is 3.68. The van der Waals surface area contributed by atoms with Crippen molar-refractivity contribution in [1.29, 1.82) is 0 Å². The SMILES string of the molecule is C[C@@H]1CN(C(C)(C)CNC(=O)CCc2ncc(-c3c(F)cccc3F)o2)C[C@H](C)O1. The van der Waals surface area contributed by atoms with Gasteiger partial charge in [0.25, 0.3) is 0 Å². The number of hydrogen-bond donors (Lipinski definition) is 1. The molecule has 1 fully saturated rings. The van der Waals surface area contributed by atoms with Gasteiger partial charge in [0.15, 0.2) is 11.7 Å². The van der Waals surface area contributed by atoms with E-state index in [1.807, 2.05) is 0 Å². The Morgan fingerprint density at radius 1 is 1.23 bits per heavy atom. The molecule has 2 atom stereocenters. The van der Waals surface area contributed by atoms with Crippen molar-refractivity contribution in [3.63, 3.8) is 0 Å². The highest BCUT2D eigenvalue weighted by molar-refractivity contribution is 5.76. The fraction of sp³-hybridized carbons (Fsp3) is 0.545. The number of rotatable bonds is 7. The monoisotopic (exact) mass is 421 g/mol. The lowest BCUT2D eigenvalue weighted by atomic mass is 10.00. The Morgan fingerprint density at radius 3 is 2.50 bits per heavy atom. The van der Waals surface area contributed by atoms with Crippen LogP contribution in [0.5, 0.6) is 0 Å². The van der Waals surface area contributed by atoms with E-state index in [4.69, 9.17) is 9.15 Å². The number of oxazole rings is 1. The van der Waals surface area contributed by atoms with Gasteiger partial charge in [0.2, 0.25) is 5.91 Å². The Bertz CT molecular complexity index is 854. The first-order chi connectivity index (χ1) is 14.2. The lowest BCUT2D eigenvalue weighted by molar-refractivity contribution is -0.123. The molecule has 0 saturated carbocycles. The Hall–Kier alpha value is -2.32. The Balaban J connectivity index is 1.51. The average Bonchev–Trinajstić information content (AvgIpc) is 3.12. The maximum Gasteiger partial charge on any atom is 0.220 e. The standard InChI is InChI=1S/C22H29F2N3O3/c1-14-11-27(12-15(2)29-14)22(3,4)13-26-19(28)8-9-20-25-10-18(30-20)21-16(23)6-5-7-17(21)24/h5-7,10,14-15H,8-9,11-13H2,1-4H3,(H,26,28)/t14-,15+. The number of benzene rings is 1. The summed E-state index contributed by atoms with van der Waals surface area (Å²) in [6.45, 7) is 10.4. The zero-order valence-corrected chi connectivity index (χ0v) is 17.9. The summed E-state index contributed by atoms with van der Waals surface area (Å²) < 4.78 is 39.0. The van der Waals surface area contributed by atoms with Crippen LogP contribution >= 0.6 is 0 Å². The van der Waals surface area contributed by atoms with E-state index in [2.05, 4.69) is 42.9 Å². The Labute approximate surface area is 175 Å². The molecule has 1 aliphatic rings. The second kappa shape index (κ2) is 9.22. The Kier molecular flexibility index (Phi) is 6.88. The zero-order chi connectivity index (χ0) is 21.9. The van der Waals surface area contributed by atoms with E-state index >= 15 is 0 Å². The van der Waals surface area contributed by atoms with Crippen molar-refractivity contribution in [3.05, 3.63) is 41.9 Å². The number of aromatic nitrogens is 1. The lowest BCUT2D eigenvalue weighted by Gasteiger charge is -2.45. The minimum atomic E-state index is -0.718. The average molecular weight is 421 g/mol. The van der Waals surface area contributed by atoms with Crippen molar-refractivity contribution in [3.8, 4) is 11.3 Å². The van der Waals surface area contributed by atoms with Crippen molar-refractivity contribution >= 4 is 5.91 Å². The van der Waals surface area contributed by atoms with Gasteiger partial charge in [0.1, 0.15) is 11.6 Å². The molecule has 2 heterocycles. The van der Waals surface area contributed by atoms with Crippen LogP contribution in [0.25, 0.3) is 11.3 Å². The number of morpholine rings is 1. The number of halogens is 2. The molecular weight excluding hydrogens is 392 g/mol. The normalized spacial score (nSPS) is 20.3. The molecule has 1 aromatic carbocycles. The van der Waals surface area contributed by atoms with Gasteiger partial charge in [-0.05, 0) is 39.8 Å². The third kappa shape index (κ3) is 5.43. The zero-order valence-electron chi connectivity index (χ0n) is 17.9. The van der Waals surface area contributed by atoms with Gasteiger partial charge in [0, 0.05) is 38.0 Å². The van der Waals surface area contributed by atoms with E-state index in [0.29, 0.717) is 6.54 Å². The number of carbonyl (C=O) groups excluding carboxylic acids is 1. The molecule has 0 aliphatic carbocycles. The molecule has 2 aromatic rings. The van der Waals surface area contributed by atoms with Crippen molar-refractivity contribution in [2.45, 2.75) is 58.3 Å². The topological polar surface area (TPSA) is 67.6 Å². The number of nitrogens with zero attached hydrogens (tertiary/aromatic N) is 2. The van der Waals surface area contributed by atoms with Gasteiger partial charge in [0.05, 0.1) is 24.0 Å². The molecule has 3 rings (SSSR count). The maximum atomic E-state index is 13.9. The van der Waals surface area contributed by atoms with E-state index in [-0.39, 0.29) is 53.7 Å². The predicted molar refractivity (Wildman–Crippen MR) is 109 cm³/mol. The molecule has 1 saturated heterocycles. The summed E-state index contributed by atoms with van der Waals surface area (Å²) in [5.41, 5.74) is -0.461. The van der Waals surface area contributed by atoms with E-state index in [9.17, 15) is 13.6 Å². The van der Waals surface area contributed by atoms with Crippen molar-refractivity contribution in [2.24, 2.45) is 0 Å². The van der Waals surface area contributed by atoms with Crippen LogP contribution in [0.15, 0.2) is 28.8 Å². The summed E-state index contributed by atoms with van der Waals surface area (Å²) in [5.74, 6) is -1.29. The molecule has 8 heteroatoms. The minimum Gasteiger partial charge on any atom is -0.441 e. The molecule has 30 heavy (non-hydrogen) atoms. The molecule has 1 N–H and O–H groups in total. The molecule has 0 unspecified atom stereocenters. The number of hydrogen-bond acceptors (Lipinski definition) is 5. The van der Waals surface area contributed by atoms with Crippen LogP contribution < -0.4 is 5.32 Å². The molecule has 0 radical (unpaired) electrons. The van der Waals surface area contributed by atoms with Crippen LogP contribution in [-0.2, 0) is 16.0 Å². The third-order valence-corrected chi connectivity index (χ3v) is 5.32. The molecule has 0 bridgehead atoms. The van der Waals surface area contributed by atoms with Gasteiger partial charge in [-0.15, -0.1) is 0 Å². The van der Waals surface area contributed by atoms with Crippen LogP contribution in [0.1, 0.15) is 40.0 Å². The first kappa shape index (κ1) is 22.4. The fourth-order valence-electron chi connectivity index (χ4n) is 3.68. The van der Waals surface area contributed by atoms with Gasteiger partial charge in [-0.1, -0.05) is 6.07 Å². The highest BCUT2D eigenvalue weighted by atomic mass is 19.1. The Morgan fingerprint density at radius 2 is 1.87 bits per heavy atom. The summed E-state index contributed by atoms with van der Waals surface area (Å²) in [4.78, 5) is 18.7. The van der Waals surface area contributed by atoms with Crippen LogP contribution in [-0.4, -0.2) is 53.2 Å². The molecule has 1 aromatic heterocycles. The van der Waals surface area contributed by atoms with Gasteiger partial charge in [-0.25, -0.2) is 13.8 Å². The third-order valence-electron chi connectivity index (χ3n) is 5.32. The molecule has 6 nitrogen and oxygen atoms in total. The predicted octanol–water partition coefficient (Wildman–Crippen LogP) is 3.56. The van der Waals surface area contributed by atoms with Gasteiger partial charge in [-0.3, -0.25) is 9.69 Å². The van der Waals surface area contributed by atoms with E-state index in [1.165, 1.54) is 12.3 Å². The largest absolute Gasteiger partial charge is 0.441 e. The van der Waals surface area contributed by atoms with E-state index in [1.54, 1.807) is 0 Å². The quantitative estimate of drug-likeness (QED) is 0.741. The van der Waals surface area contributed by atoms with Crippen LogP contribution in [0.3, 0.4) is 0 Å². The minimum absolute atomic E-state index is 0.0118. The molecule has 1 aliphatic heterocycles. The summed E-state index contributed by atoms with van der Waals surface area (Å²) in [6.07, 6.45) is 2.00. The number of amides is 1. The molecule has 164 valence electrons.